The molecule has 0 fully saturated rings. The number of primary amides is 1. The molecule has 0 aliphatic carbocycles. The average Bonchev–Trinajstić information content (AvgIpc) is 2.64. The standard InChI is InChI=1S/C15H18N2O4/c1-9(18)21-15(2,3)8-17-7-12(14(16)20)11-6-10(19)4-5-13(11)17/h4-7,19H,8H2,1-3H3,(H2,16,20). The Bertz CT molecular complexity index is 716. The summed E-state index contributed by atoms with van der Waals surface area (Å²) in [5, 5.41) is 10.1. The van der Waals surface area contributed by atoms with E-state index in [0.717, 1.165) is 5.52 Å². The second kappa shape index (κ2) is 5.12. The van der Waals surface area contributed by atoms with Crippen LogP contribution in [0.25, 0.3) is 10.9 Å². The maximum Gasteiger partial charge on any atom is 0.303 e. The number of amides is 1. The molecule has 0 aliphatic rings. The molecule has 1 aromatic heterocycles. The van der Waals surface area contributed by atoms with Gasteiger partial charge in [0.1, 0.15) is 11.4 Å². The first-order valence-corrected chi connectivity index (χ1v) is 6.51. The van der Waals surface area contributed by atoms with E-state index in [-0.39, 0.29) is 11.7 Å². The molecule has 0 saturated carbocycles. The normalized spacial score (nSPS) is 11.6. The first-order chi connectivity index (χ1) is 9.69. The third kappa shape index (κ3) is 3.16. The van der Waals surface area contributed by atoms with E-state index < -0.39 is 11.5 Å². The number of phenols is 1. The third-order valence-electron chi connectivity index (χ3n) is 3.10. The lowest BCUT2D eigenvalue weighted by atomic mass is 10.1. The zero-order chi connectivity index (χ0) is 15.8. The summed E-state index contributed by atoms with van der Waals surface area (Å²) < 4.78 is 7.05. The van der Waals surface area contributed by atoms with Gasteiger partial charge < -0.3 is 20.1 Å². The summed E-state index contributed by atoms with van der Waals surface area (Å²) in [4.78, 5) is 22.7. The molecule has 1 heterocycles. The maximum absolute atomic E-state index is 11.5. The Morgan fingerprint density at radius 2 is 2.05 bits per heavy atom. The molecule has 1 aromatic carbocycles. The van der Waals surface area contributed by atoms with Crippen molar-refractivity contribution >= 4 is 22.8 Å². The number of ether oxygens (including phenoxy) is 1. The van der Waals surface area contributed by atoms with Gasteiger partial charge in [-0.1, -0.05) is 0 Å². The summed E-state index contributed by atoms with van der Waals surface area (Å²) in [5.41, 5.74) is 5.69. The van der Waals surface area contributed by atoms with Gasteiger partial charge in [-0.05, 0) is 32.0 Å². The number of hydrogen-bond acceptors (Lipinski definition) is 4. The second-order valence-electron chi connectivity index (χ2n) is 5.59. The molecule has 0 aliphatic heterocycles. The van der Waals surface area contributed by atoms with Crippen molar-refractivity contribution in [2.75, 3.05) is 0 Å². The fourth-order valence-corrected chi connectivity index (χ4v) is 2.44. The molecule has 6 heteroatoms. The number of aromatic nitrogens is 1. The lowest BCUT2D eigenvalue weighted by Crippen LogP contribution is -2.32. The van der Waals surface area contributed by atoms with E-state index in [1.54, 1.807) is 30.7 Å². The van der Waals surface area contributed by atoms with Crippen LogP contribution in [-0.2, 0) is 16.1 Å². The molecule has 21 heavy (non-hydrogen) atoms. The summed E-state index contributed by atoms with van der Waals surface area (Å²) in [6.07, 6.45) is 1.61. The van der Waals surface area contributed by atoms with Crippen molar-refractivity contribution in [3.05, 3.63) is 30.0 Å². The molecule has 0 atom stereocenters. The van der Waals surface area contributed by atoms with Crippen LogP contribution in [0.1, 0.15) is 31.1 Å². The number of phenolic OH excluding ortho intramolecular Hbond substituents is 1. The highest BCUT2D eigenvalue weighted by Gasteiger charge is 2.24. The van der Waals surface area contributed by atoms with E-state index in [0.29, 0.717) is 17.5 Å². The monoisotopic (exact) mass is 290 g/mol. The number of rotatable bonds is 4. The topological polar surface area (TPSA) is 94.5 Å². The fourth-order valence-electron chi connectivity index (χ4n) is 2.44. The smallest absolute Gasteiger partial charge is 0.303 e. The SMILES string of the molecule is CC(=O)OC(C)(C)Cn1cc(C(N)=O)c2cc(O)ccc21. The van der Waals surface area contributed by atoms with Crippen molar-refractivity contribution in [1.29, 1.82) is 0 Å². The van der Waals surface area contributed by atoms with E-state index in [1.165, 1.54) is 19.1 Å². The molecule has 2 rings (SSSR count). The lowest BCUT2D eigenvalue weighted by Gasteiger charge is -2.25. The van der Waals surface area contributed by atoms with Crippen molar-refractivity contribution in [1.82, 2.24) is 4.57 Å². The Morgan fingerprint density at radius 3 is 2.62 bits per heavy atom. The predicted octanol–water partition coefficient (Wildman–Crippen LogP) is 1.79. The van der Waals surface area contributed by atoms with Crippen LogP contribution in [0, 0.1) is 0 Å². The van der Waals surface area contributed by atoms with Crippen molar-refractivity contribution in [3.8, 4) is 5.75 Å². The van der Waals surface area contributed by atoms with Crippen LogP contribution in [0.5, 0.6) is 5.75 Å². The van der Waals surface area contributed by atoms with Crippen LogP contribution < -0.4 is 5.73 Å². The summed E-state index contributed by atoms with van der Waals surface area (Å²) in [5.74, 6) is -0.888. The molecule has 3 N–H and O–H groups in total. The van der Waals surface area contributed by atoms with Gasteiger partial charge in [0.15, 0.2) is 0 Å². The number of fused-ring (bicyclic) bond motifs is 1. The Hall–Kier alpha value is -2.50. The number of nitrogens with two attached hydrogens (primary N) is 1. The Kier molecular flexibility index (Phi) is 3.63. The van der Waals surface area contributed by atoms with Crippen molar-refractivity contribution < 1.29 is 19.4 Å². The van der Waals surface area contributed by atoms with Crippen molar-refractivity contribution in [2.24, 2.45) is 5.73 Å². The third-order valence-corrected chi connectivity index (χ3v) is 3.10. The Labute approximate surface area is 122 Å². The van der Waals surface area contributed by atoms with Gasteiger partial charge in [-0.15, -0.1) is 0 Å². The zero-order valence-electron chi connectivity index (χ0n) is 12.2. The van der Waals surface area contributed by atoms with E-state index in [9.17, 15) is 14.7 Å². The average molecular weight is 290 g/mol. The molecule has 112 valence electrons. The van der Waals surface area contributed by atoms with Gasteiger partial charge >= 0.3 is 5.97 Å². The van der Waals surface area contributed by atoms with Gasteiger partial charge in [-0.3, -0.25) is 9.59 Å². The predicted molar refractivity (Wildman–Crippen MR) is 78.0 cm³/mol. The largest absolute Gasteiger partial charge is 0.508 e. The van der Waals surface area contributed by atoms with Crippen molar-refractivity contribution in [2.45, 2.75) is 32.9 Å². The number of nitrogens with zero attached hydrogens (tertiary/aromatic N) is 1. The van der Waals surface area contributed by atoms with E-state index in [4.69, 9.17) is 10.5 Å². The molecule has 1 amide bonds. The van der Waals surface area contributed by atoms with Crippen LogP contribution in [0.3, 0.4) is 0 Å². The highest BCUT2D eigenvalue weighted by molar-refractivity contribution is 6.06. The quantitative estimate of drug-likeness (QED) is 0.839. The molecule has 0 spiro atoms. The number of aromatic hydroxyl groups is 1. The molecule has 0 radical (unpaired) electrons. The highest BCUT2D eigenvalue weighted by Crippen LogP contribution is 2.27. The first-order valence-electron chi connectivity index (χ1n) is 6.51. The van der Waals surface area contributed by atoms with Gasteiger partial charge in [0.2, 0.25) is 0 Å². The maximum atomic E-state index is 11.5. The fraction of sp³-hybridized carbons (Fsp3) is 0.333. The first kappa shape index (κ1) is 14.9. The summed E-state index contributed by atoms with van der Waals surface area (Å²) in [6.45, 7) is 5.28. The lowest BCUT2D eigenvalue weighted by molar-refractivity contribution is -0.154. The number of hydrogen-bond donors (Lipinski definition) is 2. The van der Waals surface area contributed by atoms with Crippen LogP contribution in [0.15, 0.2) is 24.4 Å². The van der Waals surface area contributed by atoms with Gasteiger partial charge in [0.25, 0.3) is 5.91 Å². The van der Waals surface area contributed by atoms with Crippen LogP contribution in [0.2, 0.25) is 0 Å². The molecular weight excluding hydrogens is 272 g/mol. The van der Waals surface area contributed by atoms with E-state index >= 15 is 0 Å². The summed E-state index contributed by atoms with van der Waals surface area (Å²) >= 11 is 0. The minimum Gasteiger partial charge on any atom is -0.508 e. The van der Waals surface area contributed by atoms with Gasteiger partial charge in [-0.25, -0.2) is 0 Å². The van der Waals surface area contributed by atoms with Crippen LogP contribution >= 0.6 is 0 Å². The summed E-state index contributed by atoms with van der Waals surface area (Å²) in [6, 6.07) is 4.72. The molecular formula is C15H18N2O4. The highest BCUT2D eigenvalue weighted by atomic mass is 16.6. The van der Waals surface area contributed by atoms with Gasteiger partial charge in [0, 0.05) is 24.0 Å². The number of esters is 1. The Balaban J connectivity index is 2.50. The van der Waals surface area contributed by atoms with Gasteiger partial charge in [-0.2, -0.15) is 0 Å². The minimum absolute atomic E-state index is 0.0574. The Morgan fingerprint density at radius 1 is 1.38 bits per heavy atom. The summed E-state index contributed by atoms with van der Waals surface area (Å²) in [7, 11) is 0. The molecule has 2 aromatic rings. The van der Waals surface area contributed by atoms with E-state index in [1.807, 2.05) is 0 Å². The minimum atomic E-state index is -0.732. The van der Waals surface area contributed by atoms with Gasteiger partial charge in [0.05, 0.1) is 12.1 Å². The number of carbonyl (C=O) groups excluding carboxylic acids is 2. The van der Waals surface area contributed by atoms with Crippen LogP contribution in [-0.4, -0.2) is 27.2 Å². The van der Waals surface area contributed by atoms with E-state index in [2.05, 4.69) is 0 Å². The molecule has 0 bridgehead atoms. The number of carbonyl (C=O) groups is 2. The number of benzene rings is 1. The molecule has 0 unspecified atom stereocenters. The molecule has 0 saturated heterocycles. The zero-order valence-corrected chi connectivity index (χ0v) is 12.2. The van der Waals surface area contributed by atoms with Crippen LogP contribution in [0.4, 0.5) is 0 Å². The molecule has 6 nitrogen and oxygen atoms in total. The van der Waals surface area contributed by atoms with Crippen molar-refractivity contribution in [3.63, 3.8) is 0 Å². The second-order valence-corrected chi connectivity index (χ2v) is 5.59.